The van der Waals surface area contributed by atoms with Gasteiger partial charge in [0.2, 0.25) is 0 Å². The number of rotatable bonds is 3. The van der Waals surface area contributed by atoms with Gasteiger partial charge in [0.05, 0.1) is 6.10 Å². The third kappa shape index (κ3) is 3.16. The smallest absolute Gasteiger partial charge is 0.258 e. The Morgan fingerprint density at radius 2 is 1.57 bits per heavy atom. The Morgan fingerprint density at radius 3 is 2.22 bits per heavy atom. The lowest BCUT2D eigenvalue weighted by molar-refractivity contribution is -0.114. The maximum absolute atomic E-state index is 12.2. The summed E-state index contributed by atoms with van der Waals surface area (Å²) in [4.78, 5) is 24.0. The van der Waals surface area contributed by atoms with Crippen molar-refractivity contribution in [3.05, 3.63) is 65.2 Å². The van der Waals surface area contributed by atoms with Crippen molar-refractivity contribution in [3.63, 3.8) is 0 Å². The second-order valence-corrected chi connectivity index (χ2v) is 5.62. The molecule has 0 unspecified atom stereocenters. The molecule has 0 atom stereocenters. The van der Waals surface area contributed by atoms with E-state index in [1.165, 1.54) is 0 Å². The second-order valence-electron chi connectivity index (χ2n) is 5.62. The number of nitrogens with one attached hydrogen (secondary N) is 1. The van der Waals surface area contributed by atoms with Crippen molar-refractivity contribution in [2.24, 2.45) is 0 Å². The molecular weight excluding hydrogens is 290 g/mol. The third-order valence-corrected chi connectivity index (χ3v) is 3.50. The van der Waals surface area contributed by atoms with Gasteiger partial charge in [-0.3, -0.25) is 14.9 Å². The molecule has 0 saturated carbocycles. The molecule has 2 amide bonds. The zero-order valence-corrected chi connectivity index (χ0v) is 13.0. The zero-order chi connectivity index (χ0) is 16.4. The highest BCUT2D eigenvalue weighted by atomic mass is 16.5. The predicted octanol–water partition coefficient (Wildman–Crippen LogP) is 3.28. The van der Waals surface area contributed by atoms with E-state index in [2.05, 4.69) is 5.32 Å². The van der Waals surface area contributed by atoms with Crippen LogP contribution in [-0.2, 0) is 4.79 Å². The zero-order valence-electron chi connectivity index (χ0n) is 13.0. The van der Waals surface area contributed by atoms with Crippen LogP contribution in [0.3, 0.4) is 0 Å². The molecule has 0 spiro atoms. The van der Waals surface area contributed by atoms with Gasteiger partial charge in [-0.05, 0) is 49.2 Å². The number of carbonyl (C=O) groups excluding carboxylic acids is 2. The Bertz CT molecular complexity index is 789. The van der Waals surface area contributed by atoms with Crippen molar-refractivity contribution in [3.8, 4) is 5.75 Å². The van der Waals surface area contributed by atoms with E-state index in [0.29, 0.717) is 16.7 Å². The fourth-order valence-electron chi connectivity index (χ4n) is 2.50. The summed E-state index contributed by atoms with van der Waals surface area (Å²) in [6, 6.07) is 14.6. The lowest BCUT2D eigenvalue weighted by Gasteiger charge is -2.18. The first-order valence-corrected chi connectivity index (χ1v) is 7.48. The van der Waals surface area contributed by atoms with E-state index in [1.54, 1.807) is 24.3 Å². The first-order valence-electron chi connectivity index (χ1n) is 7.48. The van der Waals surface area contributed by atoms with Crippen LogP contribution in [0.5, 0.6) is 5.75 Å². The van der Waals surface area contributed by atoms with E-state index in [-0.39, 0.29) is 17.9 Å². The summed E-state index contributed by atoms with van der Waals surface area (Å²) in [6.45, 7) is 3.94. The minimum Gasteiger partial charge on any atom is -0.491 e. The highest BCUT2D eigenvalue weighted by Crippen LogP contribution is 2.26. The van der Waals surface area contributed by atoms with Gasteiger partial charge in [-0.2, -0.15) is 0 Å². The molecule has 3 rings (SSSR count). The molecule has 1 heterocycles. The van der Waals surface area contributed by atoms with E-state index in [1.807, 2.05) is 44.2 Å². The molecule has 1 aliphatic rings. The summed E-state index contributed by atoms with van der Waals surface area (Å²) in [6.07, 6.45) is 1.89. The number of hydrogen-bond donors (Lipinski definition) is 1. The van der Waals surface area contributed by atoms with E-state index >= 15 is 0 Å². The van der Waals surface area contributed by atoms with Gasteiger partial charge in [0, 0.05) is 11.1 Å². The highest BCUT2D eigenvalue weighted by molar-refractivity contribution is 6.33. The molecular formula is C19H17NO3. The van der Waals surface area contributed by atoms with Crippen LogP contribution < -0.4 is 10.1 Å². The first kappa shape index (κ1) is 15.0. The first-order chi connectivity index (χ1) is 11.0. The minimum absolute atomic E-state index is 0.112. The molecule has 0 aromatic heterocycles. The standard InChI is InChI=1S/C19H17NO3/c1-12(2)23-14-9-7-13(8-10-14)11-17-15-5-3-4-6-16(15)18(21)20-19(17)22/h3-12H,1-2H3,(H,20,21,22)/b17-11+. The number of carbonyl (C=O) groups is 2. The van der Waals surface area contributed by atoms with Crippen LogP contribution in [0.15, 0.2) is 48.5 Å². The van der Waals surface area contributed by atoms with Crippen LogP contribution in [0, 0.1) is 0 Å². The summed E-state index contributed by atoms with van der Waals surface area (Å²) >= 11 is 0. The molecule has 0 aliphatic carbocycles. The number of fused-ring (bicyclic) bond motifs is 1. The molecule has 23 heavy (non-hydrogen) atoms. The molecule has 0 saturated heterocycles. The van der Waals surface area contributed by atoms with E-state index in [9.17, 15) is 9.59 Å². The Kier molecular flexibility index (Phi) is 3.98. The Labute approximate surface area is 134 Å². The van der Waals surface area contributed by atoms with Crippen LogP contribution >= 0.6 is 0 Å². The largest absolute Gasteiger partial charge is 0.491 e. The number of amides is 2. The number of imide groups is 1. The fraction of sp³-hybridized carbons (Fsp3) is 0.158. The number of ether oxygens (including phenoxy) is 1. The van der Waals surface area contributed by atoms with Crippen LogP contribution in [0.2, 0.25) is 0 Å². The minimum atomic E-state index is -0.379. The van der Waals surface area contributed by atoms with Crippen LogP contribution in [0.4, 0.5) is 0 Å². The third-order valence-electron chi connectivity index (χ3n) is 3.50. The normalized spacial score (nSPS) is 15.5. The van der Waals surface area contributed by atoms with Gasteiger partial charge in [-0.25, -0.2) is 0 Å². The van der Waals surface area contributed by atoms with Gasteiger partial charge in [0.15, 0.2) is 0 Å². The Balaban J connectivity index is 1.97. The van der Waals surface area contributed by atoms with Gasteiger partial charge in [-0.15, -0.1) is 0 Å². The van der Waals surface area contributed by atoms with E-state index < -0.39 is 0 Å². The van der Waals surface area contributed by atoms with E-state index in [4.69, 9.17) is 4.74 Å². The van der Waals surface area contributed by atoms with Crippen molar-refractivity contribution in [2.45, 2.75) is 20.0 Å². The molecule has 2 aromatic carbocycles. The second kappa shape index (κ2) is 6.08. The van der Waals surface area contributed by atoms with Gasteiger partial charge in [0.25, 0.3) is 11.8 Å². The quantitative estimate of drug-likeness (QED) is 0.699. The molecule has 0 bridgehead atoms. The Morgan fingerprint density at radius 1 is 0.913 bits per heavy atom. The van der Waals surface area contributed by atoms with Crippen LogP contribution in [0.25, 0.3) is 11.6 Å². The van der Waals surface area contributed by atoms with E-state index in [0.717, 1.165) is 11.3 Å². The summed E-state index contributed by atoms with van der Waals surface area (Å²) in [5, 5.41) is 2.37. The lowest BCUT2D eigenvalue weighted by atomic mass is 9.93. The number of hydrogen-bond acceptors (Lipinski definition) is 3. The molecule has 1 N–H and O–H groups in total. The summed E-state index contributed by atoms with van der Waals surface area (Å²) in [5.74, 6) is 0.0467. The summed E-state index contributed by atoms with van der Waals surface area (Å²) in [7, 11) is 0. The average molecular weight is 307 g/mol. The topological polar surface area (TPSA) is 55.4 Å². The molecule has 1 aliphatic heterocycles. The molecule has 116 valence electrons. The van der Waals surface area contributed by atoms with Crippen molar-refractivity contribution in [2.75, 3.05) is 0 Å². The summed E-state index contributed by atoms with van der Waals surface area (Å²) < 4.78 is 5.61. The highest BCUT2D eigenvalue weighted by Gasteiger charge is 2.26. The predicted molar refractivity (Wildman–Crippen MR) is 89.0 cm³/mol. The monoisotopic (exact) mass is 307 g/mol. The number of benzene rings is 2. The van der Waals surface area contributed by atoms with Gasteiger partial charge in [0.1, 0.15) is 5.75 Å². The fourth-order valence-corrected chi connectivity index (χ4v) is 2.50. The van der Waals surface area contributed by atoms with Crippen LogP contribution in [-0.4, -0.2) is 17.9 Å². The Hall–Kier alpha value is -2.88. The molecule has 2 aromatic rings. The van der Waals surface area contributed by atoms with Gasteiger partial charge < -0.3 is 4.74 Å². The van der Waals surface area contributed by atoms with Crippen molar-refractivity contribution >= 4 is 23.5 Å². The molecule has 0 fully saturated rings. The van der Waals surface area contributed by atoms with Gasteiger partial charge >= 0.3 is 0 Å². The molecule has 4 heteroatoms. The van der Waals surface area contributed by atoms with Crippen molar-refractivity contribution in [1.82, 2.24) is 5.32 Å². The van der Waals surface area contributed by atoms with Crippen molar-refractivity contribution in [1.29, 1.82) is 0 Å². The average Bonchev–Trinajstić information content (AvgIpc) is 2.52. The van der Waals surface area contributed by atoms with Crippen LogP contribution in [0.1, 0.15) is 35.3 Å². The molecule has 4 nitrogen and oxygen atoms in total. The van der Waals surface area contributed by atoms with Gasteiger partial charge in [-0.1, -0.05) is 30.3 Å². The molecule has 0 radical (unpaired) electrons. The summed E-state index contributed by atoms with van der Waals surface area (Å²) in [5.41, 5.74) is 2.52. The van der Waals surface area contributed by atoms with Crippen molar-refractivity contribution < 1.29 is 14.3 Å². The lowest BCUT2D eigenvalue weighted by Crippen LogP contribution is -2.36. The maximum atomic E-state index is 12.2. The maximum Gasteiger partial charge on any atom is 0.258 e. The SMILES string of the molecule is CC(C)Oc1ccc(/C=C2/C(=O)NC(=O)c3ccccc32)cc1.